The maximum absolute atomic E-state index is 11.6. The molecule has 2 rings (SSSR count). The summed E-state index contributed by atoms with van der Waals surface area (Å²) in [5.41, 5.74) is 0. The van der Waals surface area contributed by atoms with E-state index in [0.29, 0.717) is 18.6 Å². The van der Waals surface area contributed by atoms with Gasteiger partial charge in [-0.1, -0.05) is 6.07 Å². The molecule has 1 atom stereocenters. The van der Waals surface area contributed by atoms with Crippen molar-refractivity contribution < 1.29 is 14.3 Å². The molecule has 0 spiro atoms. The molecule has 0 bridgehead atoms. The average Bonchev–Trinajstić information content (AvgIpc) is 2.95. The number of thiophene rings is 1. The van der Waals surface area contributed by atoms with Crippen molar-refractivity contribution in [3.63, 3.8) is 0 Å². The quantitative estimate of drug-likeness (QED) is 0.812. The van der Waals surface area contributed by atoms with Crippen molar-refractivity contribution in [2.75, 3.05) is 0 Å². The predicted molar refractivity (Wildman–Crippen MR) is 61.6 cm³/mol. The van der Waals surface area contributed by atoms with E-state index < -0.39 is 6.10 Å². The van der Waals surface area contributed by atoms with Gasteiger partial charge >= 0.3 is 0 Å². The Kier molecular flexibility index (Phi) is 3.54. The highest BCUT2D eigenvalue weighted by Gasteiger charge is 2.13. The van der Waals surface area contributed by atoms with Gasteiger partial charge in [0.25, 0.3) is 0 Å². The van der Waals surface area contributed by atoms with Gasteiger partial charge in [-0.05, 0) is 30.0 Å². The Morgan fingerprint density at radius 3 is 2.94 bits per heavy atom. The molecule has 84 valence electrons. The summed E-state index contributed by atoms with van der Waals surface area (Å²) in [6.45, 7) is 0. The molecule has 1 N–H and O–H groups in total. The number of furan rings is 1. The number of hydrogen-bond acceptors (Lipinski definition) is 4. The van der Waals surface area contributed by atoms with Gasteiger partial charge in [0.15, 0.2) is 11.5 Å². The smallest absolute Gasteiger partial charge is 0.198 e. The summed E-state index contributed by atoms with van der Waals surface area (Å²) in [5.74, 6) is 0.291. The Morgan fingerprint density at radius 1 is 1.44 bits per heavy atom. The maximum atomic E-state index is 11.6. The topological polar surface area (TPSA) is 50.4 Å². The largest absolute Gasteiger partial charge is 0.461 e. The van der Waals surface area contributed by atoms with Gasteiger partial charge in [0.05, 0.1) is 12.4 Å². The van der Waals surface area contributed by atoms with E-state index >= 15 is 0 Å². The average molecular weight is 236 g/mol. The van der Waals surface area contributed by atoms with Gasteiger partial charge in [-0.15, -0.1) is 11.3 Å². The summed E-state index contributed by atoms with van der Waals surface area (Å²) < 4.78 is 4.99. The fourth-order valence-electron chi connectivity index (χ4n) is 1.45. The molecule has 0 aliphatic heterocycles. The van der Waals surface area contributed by atoms with Crippen molar-refractivity contribution in [1.82, 2.24) is 0 Å². The summed E-state index contributed by atoms with van der Waals surface area (Å²) in [5, 5.41) is 11.7. The van der Waals surface area contributed by atoms with E-state index in [1.54, 1.807) is 12.1 Å². The number of aliphatic hydroxyl groups excluding tert-OH is 1. The van der Waals surface area contributed by atoms with Crippen LogP contribution in [-0.2, 0) is 0 Å². The van der Waals surface area contributed by atoms with E-state index in [1.807, 2.05) is 17.5 Å². The first-order valence-corrected chi connectivity index (χ1v) is 5.93. The predicted octanol–water partition coefficient (Wildman–Crippen LogP) is 3.04. The fourth-order valence-corrected chi connectivity index (χ4v) is 2.20. The number of ketones is 1. The lowest BCUT2D eigenvalue weighted by Gasteiger charge is -2.06. The summed E-state index contributed by atoms with van der Waals surface area (Å²) in [6.07, 6.45) is 1.65. The Labute approximate surface area is 97.3 Å². The molecular formula is C12H12O3S. The molecular weight excluding hydrogens is 224 g/mol. The zero-order valence-corrected chi connectivity index (χ0v) is 9.44. The second kappa shape index (κ2) is 5.09. The second-order valence-electron chi connectivity index (χ2n) is 3.47. The van der Waals surface area contributed by atoms with Crippen molar-refractivity contribution >= 4 is 17.1 Å². The lowest BCUT2D eigenvalue weighted by atomic mass is 10.1. The van der Waals surface area contributed by atoms with Crippen LogP contribution in [0.4, 0.5) is 0 Å². The number of rotatable bonds is 5. The van der Waals surface area contributed by atoms with Crippen LogP contribution in [-0.4, -0.2) is 10.9 Å². The van der Waals surface area contributed by atoms with Gasteiger partial charge in [0.2, 0.25) is 0 Å². The number of aliphatic hydroxyl groups is 1. The number of hydrogen-bond donors (Lipinski definition) is 1. The maximum Gasteiger partial charge on any atom is 0.198 e. The zero-order valence-electron chi connectivity index (χ0n) is 8.63. The Balaban J connectivity index is 1.86. The van der Waals surface area contributed by atoms with Crippen molar-refractivity contribution in [2.45, 2.75) is 18.9 Å². The van der Waals surface area contributed by atoms with Gasteiger partial charge in [0, 0.05) is 11.3 Å². The monoisotopic (exact) mass is 236 g/mol. The Hall–Kier alpha value is -1.39. The van der Waals surface area contributed by atoms with Crippen molar-refractivity contribution in [3.8, 4) is 0 Å². The van der Waals surface area contributed by atoms with E-state index in [9.17, 15) is 9.90 Å². The molecule has 0 saturated carbocycles. The van der Waals surface area contributed by atoms with E-state index in [2.05, 4.69) is 0 Å². The van der Waals surface area contributed by atoms with Crippen LogP contribution in [0.5, 0.6) is 0 Å². The first-order valence-electron chi connectivity index (χ1n) is 5.05. The minimum Gasteiger partial charge on any atom is -0.461 e. The van der Waals surface area contributed by atoms with Gasteiger partial charge in [-0.2, -0.15) is 0 Å². The lowest BCUT2D eigenvalue weighted by Crippen LogP contribution is -2.02. The third-order valence-electron chi connectivity index (χ3n) is 2.31. The van der Waals surface area contributed by atoms with Crippen LogP contribution in [0.1, 0.15) is 34.4 Å². The van der Waals surface area contributed by atoms with Crippen LogP contribution in [0.25, 0.3) is 0 Å². The molecule has 0 fully saturated rings. The normalized spacial score (nSPS) is 12.6. The van der Waals surface area contributed by atoms with Gasteiger partial charge < -0.3 is 9.52 Å². The summed E-state index contributed by atoms with van der Waals surface area (Å²) >= 11 is 1.50. The third kappa shape index (κ3) is 2.59. The van der Waals surface area contributed by atoms with E-state index in [1.165, 1.54) is 17.6 Å². The molecule has 0 saturated heterocycles. The van der Waals surface area contributed by atoms with Crippen LogP contribution in [0.2, 0.25) is 0 Å². The number of Topliss-reactive ketones (excluding diaryl/α,β-unsaturated/α-hetero) is 1. The molecule has 2 heterocycles. The van der Waals surface area contributed by atoms with E-state index in [-0.39, 0.29) is 5.78 Å². The molecule has 2 aromatic heterocycles. The molecule has 1 unspecified atom stereocenters. The molecule has 0 aliphatic carbocycles. The Morgan fingerprint density at radius 2 is 2.31 bits per heavy atom. The highest BCUT2D eigenvalue weighted by molar-refractivity contribution is 7.10. The highest BCUT2D eigenvalue weighted by Crippen LogP contribution is 2.23. The highest BCUT2D eigenvalue weighted by atomic mass is 32.1. The minimum absolute atomic E-state index is 0.0689. The zero-order chi connectivity index (χ0) is 11.4. The molecule has 0 radical (unpaired) electrons. The number of carbonyl (C=O) groups excluding carboxylic acids is 1. The van der Waals surface area contributed by atoms with Gasteiger partial charge in [-0.3, -0.25) is 4.79 Å². The van der Waals surface area contributed by atoms with Gasteiger partial charge in [0.1, 0.15) is 0 Å². The molecule has 3 nitrogen and oxygen atoms in total. The van der Waals surface area contributed by atoms with Crippen LogP contribution in [0.3, 0.4) is 0 Å². The Bertz CT molecular complexity index is 431. The van der Waals surface area contributed by atoms with E-state index in [4.69, 9.17) is 4.42 Å². The van der Waals surface area contributed by atoms with E-state index in [0.717, 1.165) is 4.88 Å². The first kappa shape index (κ1) is 11.1. The molecule has 4 heteroatoms. The minimum atomic E-state index is -0.557. The van der Waals surface area contributed by atoms with Gasteiger partial charge in [-0.25, -0.2) is 0 Å². The van der Waals surface area contributed by atoms with Crippen LogP contribution in [0.15, 0.2) is 40.3 Å². The van der Waals surface area contributed by atoms with Crippen molar-refractivity contribution in [2.24, 2.45) is 0 Å². The molecule has 2 aromatic rings. The van der Waals surface area contributed by atoms with Crippen LogP contribution < -0.4 is 0 Å². The van der Waals surface area contributed by atoms with Crippen LogP contribution >= 0.6 is 11.3 Å². The SMILES string of the molecule is O=C(CCC(O)c1cccs1)c1ccco1. The standard InChI is InChI=1S/C12H12O3S/c13-9(11-3-1-7-15-11)5-6-10(14)12-4-2-8-16-12/h1-4,7-8,10,14H,5-6H2. The second-order valence-corrected chi connectivity index (χ2v) is 4.45. The summed E-state index contributed by atoms with van der Waals surface area (Å²) in [7, 11) is 0. The first-order chi connectivity index (χ1) is 7.77. The molecule has 0 amide bonds. The summed E-state index contributed by atoms with van der Waals surface area (Å²) in [6, 6.07) is 7.08. The number of carbonyl (C=O) groups is 1. The third-order valence-corrected chi connectivity index (χ3v) is 3.29. The molecule has 16 heavy (non-hydrogen) atoms. The van der Waals surface area contributed by atoms with Crippen molar-refractivity contribution in [3.05, 3.63) is 46.5 Å². The summed E-state index contributed by atoms with van der Waals surface area (Å²) in [4.78, 5) is 12.5. The molecule has 0 aliphatic rings. The van der Waals surface area contributed by atoms with Crippen LogP contribution in [0, 0.1) is 0 Å². The lowest BCUT2D eigenvalue weighted by molar-refractivity contribution is 0.0916. The van der Waals surface area contributed by atoms with Crippen molar-refractivity contribution in [1.29, 1.82) is 0 Å². The fraction of sp³-hybridized carbons (Fsp3) is 0.250. The molecule has 0 aromatic carbocycles.